The van der Waals surface area contributed by atoms with Crippen molar-refractivity contribution in [2.75, 3.05) is 4.90 Å². The van der Waals surface area contributed by atoms with E-state index < -0.39 is 0 Å². The Hall–Kier alpha value is -6.16. The molecule has 3 heteroatoms. The van der Waals surface area contributed by atoms with Crippen molar-refractivity contribution in [1.82, 2.24) is 0 Å². The van der Waals surface area contributed by atoms with Crippen LogP contribution in [0.4, 0.5) is 17.1 Å². The van der Waals surface area contributed by atoms with Crippen molar-refractivity contribution in [3.8, 4) is 22.3 Å². The van der Waals surface area contributed by atoms with Crippen LogP contribution in [0.1, 0.15) is 25.0 Å². The number of nitrogens with zero attached hydrogens (tertiary/aromatic N) is 1. The smallest absolute Gasteiger partial charge is 0.135 e. The molecule has 0 radical (unpaired) electrons. The first-order valence-corrected chi connectivity index (χ1v) is 18.7. The standard InChI is InChI=1S/C49H33NOS/c1-49(2)42-15-7-5-12-37(42)38-26-23-34(29-43(38)49)50(33-24-27-45-41(28-33)39-13-6-8-16-44(39)51-45)32-21-18-31(19-22-32)35-14-9-17-46-47(35)40-25-20-30-10-3-4-11-36(30)48(40)52-46/h3-29H,1-2H3. The third-order valence-corrected chi connectivity index (χ3v) is 12.5. The third kappa shape index (κ3) is 4.23. The van der Waals surface area contributed by atoms with Gasteiger partial charge in [0.2, 0.25) is 0 Å². The summed E-state index contributed by atoms with van der Waals surface area (Å²) in [5.74, 6) is 0. The molecule has 0 saturated carbocycles. The van der Waals surface area contributed by atoms with Crippen molar-refractivity contribution < 1.29 is 4.42 Å². The van der Waals surface area contributed by atoms with Gasteiger partial charge in [0.25, 0.3) is 0 Å². The molecule has 0 amide bonds. The zero-order valence-electron chi connectivity index (χ0n) is 28.9. The lowest BCUT2D eigenvalue weighted by Crippen LogP contribution is -2.16. The number of anilines is 3. The molecule has 52 heavy (non-hydrogen) atoms. The summed E-state index contributed by atoms with van der Waals surface area (Å²) in [4.78, 5) is 2.40. The van der Waals surface area contributed by atoms with E-state index >= 15 is 0 Å². The van der Waals surface area contributed by atoms with Gasteiger partial charge in [-0.2, -0.15) is 0 Å². The summed E-state index contributed by atoms with van der Waals surface area (Å²) in [6, 6.07) is 59.9. The fourth-order valence-electron chi connectivity index (χ4n) is 8.72. The molecule has 0 atom stereocenters. The minimum atomic E-state index is -0.102. The third-order valence-electron chi connectivity index (χ3n) is 11.3. The van der Waals surface area contributed by atoms with Crippen molar-refractivity contribution in [2.45, 2.75) is 19.3 Å². The Kier molecular flexibility index (Phi) is 6.21. The molecule has 11 rings (SSSR count). The van der Waals surface area contributed by atoms with Gasteiger partial charge in [0.1, 0.15) is 11.2 Å². The van der Waals surface area contributed by atoms with Gasteiger partial charge >= 0.3 is 0 Å². The summed E-state index contributed by atoms with van der Waals surface area (Å²) in [6.45, 7) is 4.70. The largest absolute Gasteiger partial charge is 0.456 e. The molecule has 2 heterocycles. The summed E-state index contributed by atoms with van der Waals surface area (Å²) in [7, 11) is 0. The highest BCUT2D eigenvalue weighted by molar-refractivity contribution is 7.26. The van der Waals surface area contributed by atoms with Crippen LogP contribution in [0, 0.1) is 0 Å². The van der Waals surface area contributed by atoms with Crippen molar-refractivity contribution in [1.29, 1.82) is 0 Å². The lowest BCUT2D eigenvalue weighted by molar-refractivity contribution is 0.660. The van der Waals surface area contributed by atoms with Gasteiger partial charge in [0.15, 0.2) is 0 Å². The molecular weight excluding hydrogens is 651 g/mol. The quantitative estimate of drug-likeness (QED) is 0.184. The van der Waals surface area contributed by atoms with Crippen LogP contribution < -0.4 is 4.90 Å². The summed E-state index contributed by atoms with van der Waals surface area (Å²) in [5.41, 5.74) is 12.9. The van der Waals surface area contributed by atoms with Crippen molar-refractivity contribution in [2.24, 2.45) is 0 Å². The normalized spacial score (nSPS) is 13.3. The number of hydrogen-bond donors (Lipinski definition) is 0. The van der Waals surface area contributed by atoms with Gasteiger partial charge in [-0.15, -0.1) is 11.3 Å². The van der Waals surface area contributed by atoms with Crippen LogP contribution in [0.5, 0.6) is 0 Å². The number of fused-ring (bicyclic) bond motifs is 11. The molecule has 0 spiro atoms. The van der Waals surface area contributed by atoms with Crippen molar-refractivity contribution >= 4 is 81.3 Å². The van der Waals surface area contributed by atoms with E-state index in [1.54, 1.807) is 0 Å². The highest BCUT2D eigenvalue weighted by Gasteiger charge is 2.35. The molecule has 246 valence electrons. The fraction of sp³-hybridized carbons (Fsp3) is 0.0612. The zero-order valence-corrected chi connectivity index (χ0v) is 29.7. The van der Waals surface area contributed by atoms with Crippen LogP contribution in [-0.2, 0) is 5.41 Å². The van der Waals surface area contributed by atoms with Gasteiger partial charge in [-0.05, 0) is 98.8 Å². The molecule has 10 aromatic rings. The highest BCUT2D eigenvalue weighted by Crippen LogP contribution is 2.51. The van der Waals surface area contributed by atoms with Gasteiger partial charge < -0.3 is 9.32 Å². The number of rotatable bonds is 4. The number of benzene rings is 8. The summed E-state index contributed by atoms with van der Waals surface area (Å²) in [5, 5.41) is 7.50. The Bertz CT molecular complexity index is 3050. The second-order valence-corrected chi connectivity index (χ2v) is 15.6. The van der Waals surface area contributed by atoms with E-state index in [0.29, 0.717) is 0 Å². The lowest BCUT2D eigenvalue weighted by atomic mass is 9.82. The monoisotopic (exact) mass is 683 g/mol. The first kappa shape index (κ1) is 29.6. The molecule has 0 unspecified atom stereocenters. The minimum absolute atomic E-state index is 0.102. The Balaban J connectivity index is 1.08. The Labute approximate surface area is 305 Å². The molecule has 2 aromatic heterocycles. The molecule has 8 aromatic carbocycles. The SMILES string of the molecule is CC1(C)c2ccccc2-c2ccc(N(c3ccc(-c4cccc5sc6c7ccccc7ccc6c45)cc3)c3ccc4oc5ccccc5c4c3)cc21. The number of furan rings is 1. The number of thiophene rings is 1. The van der Waals surface area contributed by atoms with E-state index in [9.17, 15) is 0 Å². The molecule has 0 N–H and O–H groups in total. The summed E-state index contributed by atoms with van der Waals surface area (Å²) >= 11 is 1.89. The molecule has 0 fully saturated rings. The Morgan fingerprint density at radius 1 is 0.481 bits per heavy atom. The van der Waals surface area contributed by atoms with Gasteiger partial charge in [-0.25, -0.2) is 0 Å². The van der Waals surface area contributed by atoms with Crippen molar-refractivity contribution in [3.05, 3.63) is 175 Å². The highest BCUT2D eigenvalue weighted by atomic mass is 32.1. The number of para-hydroxylation sites is 1. The maximum absolute atomic E-state index is 6.25. The molecule has 2 nitrogen and oxygen atoms in total. The van der Waals surface area contributed by atoms with E-state index in [1.165, 1.54) is 64.3 Å². The summed E-state index contributed by atoms with van der Waals surface area (Å²) < 4.78 is 8.92. The van der Waals surface area contributed by atoms with Crippen molar-refractivity contribution in [3.63, 3.8) is 0 Å². The van der Waals surface area contributed by atoms with E-state index in [0.717, 1.165) is 39.0 Å². The van der Waals surface area contributed by atoms with Crippen LogP contribution >= 0.6 is 11.3 Å². The van der Waals surface area contributed by atoms with Gasteiger partial charge in [0.05, 0.1) is 0 Å². The molecule has 0 bridgehead atoms. The molecular formula is C49H33NOS. The predicted octanol–water partition coefficient (Wildman–Crippen LogP) is 14.6. The second-order valence-electron chi connectivity index (χ2n) is 14.5. The molecule has 0 aliphatic heterocycles. The average molecular weight is 684 g/mol. The van der Waals surface area contributed by atoms with Crippen LogP contribution in [0.3, 0.4) is 0 Å². The van der Waals surface area contributed by atoms with Gasteiger partial charge in [0, 0.05) is 53.4 Å². The average Bonchev–Trinajstić information content (AvgIpc) is 3.83. The Morgan fingerprint density at radius 2 is 1.17 bits per heavy atom. The summed E-state index contributed by atoms with van der Waals surface area (Å²) in [6.07, 6.45) is 0. The number of hydrogen-bond acceptors (Lipinski definition) is 3. The second kappa shape index (κ2) is 10.9. The zero-order chi connectivity index (χ0) is 34.6. The molecule has 1 aliphatic rings. The topological polar surface area (TPSA) is 16.4 Å². The first-order valence-electron chi connectivity index (χ1n) is 17.9. The van der Waals surface area contributed by atoms with E-state index in [1.807, 2.05) is 23.5 Å². The van der Waals surface area contributed by atoms with E-state index in [2.05, 4.69) is 170 Å². The maximum atomic E-state index is 6.25. The van der Waals surface area contributed by atoms with E-state index in [4.69, 9.17) is 4.42 Å². The predicted molar refractivity (Wildman–Crippen MR) is 222 cm³/mol. The van der Waals surface area contributed by atoms with E-state index in [-0.39, 0.29) is 5.41 Å². The first-order chi connectivity index (χ1) is 25.5. The van der Waals surface area contributed by atoms with Crippen LogP contribution in [0.15, 0.2) is 168 Å². The van der Waals surface area contributed by atoms with Crippen LogP contribution in [-0.4, -0.2) is 0 Å². The van der Waals surface area contributed by atoms with Gasteiger partial charge in [-0.1, -0.05) is 123 Å². The lowest BCUT2D eigenvalue weighted by Gasteiger charge is -2.28. The van der Waals surface area contributed by atoms with Crippen LogP contribution in [0.25, 0.3) is 75.1 Å². The van der Waals surface area contributed by atoms with Crippen LogP contribution in [0.2, 0.25) is 0 Å². The van der Waals surface area contributed by atoms with Gasteiger partial charge in [-0.3, -0.25) is 0 Å². The molecule has 0 saturated heterocycles. The molecule has 1 aliphatic carbocycles. The minimum Gasteiger partial charge on any atom is -0.456 e. The Morgan fingerprint density at radius 3 is 2.08 bits per heavy atom. The fourth-order valence-corrected chi connectivity index (χ4v) is 9.98. The maximum Gasteiger partial charge on any atom is 0.135 e.